The van der Waals surface area contributed by atoms with E-state index in [1.807, 2.05) is 0 Å². The van der Waals surface area contributed by atoms with Crippen molar-refractivity contribution in [1.82, 2.24) is 14.3 Å². The maximum Gasteiger partial charge on any atom is 0.345 e. The summed E-state index contributed by atoms with van der Waals surface area (Å²) in [4.78, 5) is 22.8. The molecular weight excluding hydrogens is 234 g/mol. The first-order valence-corrected chi connectivity index (χ1v) is 5.37. The van der Waals surface area contributed by atoms with Gasteiger partial charge in [0.15, 0.2) is 0 Å². The maximum atomic E-state index is 11.6. The summed E-state index contributed by atoms with van der Waals surface area (Å²) in [5.41, 5.74) is 1.20. The minimum atomic E-state index is -0.378. The number of aryl methyl sites for hydroxylation is 1. The summed E-state index contributed by atoms with van der Waals surface area (Å²) >= 11 is 0. The van der Waals surface area contributed by atoms with Crippen LogP contribution in [0.2, 0.25) is 0 Å². The summed E-state index contributed by atoms with van der Waals surface area (Å²) in [5, 5.41) is 3.96. The van der Waals surface area contributed by atoms with Gasteiger partial charge < -0.3 is 4.74 Å². The zero-order valence-corrected chi connectivity index (χ0v) is 10.2. The summed E-state index contributed by atoms with van der Waals surface area (Å²) in [6.45, 7) is 0.376. The molecule has 0 atom stereocenters. The van der Waals surface area contributed by atoms with E-state index in [4.69, 9.17) is 0 Å². The predicted octanol–water partition coefficient (Wildman–Crippen LogP) is 0.417. The molecule has 0 unspecified atom stereocenters. The van der Waals surface area contributed by atoms with Gasteiger partial charge in [0.25, 0.3) is 0 Å². The molecule has 2 rings (SSSR count). The molecule has 0 bridgehead atoms. The number of carbonyl (C=O) groups is 1. The summed E-state index contributed by atoms with van der Waals surface area (Å²) in [5.74, 6) is -0.378. The van der Waals surface area contributed by atoms with E-state index >= 15 is 0 Å². The molecule has 0 radical (unpaired) electrons. The average molecular weight is 247 g/mol. The van der Waals surface area contributed by atoms with Gasteiger partial charge in [0.05, 0.1) is 19.2 Å². The third-order valence-corrected chi connectivity index (χ3v) is 2.59. The number of esters is 1. The van der Waals surface area contributed by atoms with Crippen LogP contribution in [-0.2, 0) is 18.3 Å². The zero-order valence-electron chi connectivity index (χ0n) is 10.2. The number of benzene rings is 1. The average Bonchev–Trinajstić information content (AvgIpc) is 2.71. The third kappa shape index (κ3) is 2.32. The van der Waals surface area contributed by atoms with E-state index in [9.17, 15) is 9.59 Å². The fourth-order valence-corrected chi connectivity index (χ4v) is 1.57. The van der Waals surface area contributed by atoms with Crippen LogP contribution in [0.15, 0.2) is 35.4 Å². The number of methoxy groups -OCH3 is 1. The molecule has 0 saturated heterocycles. The SMILES string of the molecule is COC(=O)c1ccc(Cn2ncn(C)c2=O)cc1. The number of nitrogens with zero attached hydrogens (tertiary/aromatic N) is 3. The van der Waals surface area contributed by atoms with Gasteiger partial charge in [-0.2, -0.15) is 5.10 Å². The Balaban J connectivity index is 2.18. The molecule has 0 aliphatic rings. The molecular formula is C12H13N3O3. The number of hydrogen-bond acceptors (Lipinski definition) is 4. The molecule has 0 spiro atoms. The van der Waals surface area contributed by atoms with Gasteiger partial charge in [-0.15, -0.1) is 0 Å². The molecule has 1 aromatic heterocycles. The van der Waals surface area contributed by atoms with E-state index in [-0.39, 0.29) is 11.7 Å². The van der Waals surface area contributed by atoms with Gasteiger partial charge in [-0.25, -0.2) is 14.3 Å². The first-order valence-electron chi connectivity index (χ1n) is 5.37. The van der Waals surface area contributed by atoms with E-state index < -0.39 is 0 Å². The van der Waals surface area contributed by atoms with E-state index in [1.165, 1.54) is 22.7 Å². The van der Waals surface area contributed by atoms with Crippen molar-refractivity contribution in [1.29, 1.82) is 0 Å². The van der Waals surface area contributed by atoms with Crippen LogP contribution in [0, 0.1) is 0 Å². The van der Waals surface area contributed by atoms with Crippen LogP contribution in [-0.4, -0.2) is 27.4 Å². The third-order valence-electron chi connectivity index (χ3n) is 2.59. The second-order valence-corrected chi connectivity index (χ2v) is 3.87. The Morgan fingerprint density at radius 2 is 2.00 bits per heavy atom. The number of aromatic nitrogens is 3. The van der Waals surface area contributed by atoms with Crippen LogP contribution in [0.4, 0.5) is 0 Å². The molecule has 0 fully saturated rings. The van der Waals surface area contributed by atoms with Crippen LogP contribution >= 0.6 is 0 Å². The predicted molar refractivity (Wildman–Crippen MR) is 64.4 cm³/mol. The van der Waals surface area contributed by atoms with Crippen molar-refractivity contribution in [2.24, 2.45) is 7.05 Å². The Morgan fingerprint density at radius 3 is 2.50 bits per heavy atom. The summed E-state index contributed by atoms with van der Waals surface area (Å²) in [6.07, 6.45) is 1.46. The number of hydrogen-bond donors (Lipinski definition) is 0. The van der Waals surface area contributed by atoms with E-state index in [0.29, 0.717) is 12.1 Å². The highest BCUT2D eigenvalue weighted by Gasteiger charge is 2.06. The number of ether oxygens (including phenoxy) is 1. The molecule has 18 heavy (non-hydrogen) atoms. The minimum Gasteiger partial charge on any atom is -0.465 e. The lowest BCUT2D eigenvalue weighted by atomic mass is 10.1. The van der Waals surface area contributed by atoms with Crippen LogP contribution in [0.25, 0.3) is 0 Å². The smallest absolute Gasteiger partial charge is 0.345 e. The normalized spacial score (nSPS) is 10.3. The first-order chi connectivity index (χ1) is 8.61. The molecule has 0 aliphatic heterocycles. The molecule has 1 aromatic carbocycles. The lowest BCUT2D eigenvalue weighted by molar-refractivity contribution is 0.0600. The van der Waals surface area contributed by atoms with Gasteiger partial charge in [-0.05, 0) is 17.7 Å². The maximum absolute atomic E-state index is 11.6. The Hall–Kier alpha value is -2.37. The lowest BCUT2D eigenvalue weighted by Gasteiger charge is -2.02. The molecule has 6 nitrogen and oxygen atoms in total. The van der Waals surface area contributed by atoms with Gasteiger partial charge in [-0.1, -0.05) is 12.1 Å². The van der Waals surface area contributed by atoms with Crippen molar-refractivity contribution in [3.8, 4) is 0 Å². The molecule has 1 heterocycles. The lowest BCUT2D eigenvalue weighted by Crippen LogP contribution is -2.23. The Labute approximate surface area is 103 Å². The van der Waals surface area contributed by atoms with Crippen molar-refractivity contribution >= 4 is 5.97 Å². The largest absolute Gasteiger partial charge is 0.465 e. The first kappa shape index (κ1) is 12.1. The van der Waals surface area contributed by atoms with Gasteiger partial charge >= 0.3 is 11.7 Å². The monoisotopic (exact) mass is 247 g/mol. The molecule has 0 saturated carbocycles. The summed E-state index contributed by atoms with van der Waals surface area (Å²) in [6, 6.07) is 6.87. The standard InChI is InChI=1S/C12H13N3O3/c1-14-8-13-15(12(14)17)7-9-3-5-10(6-4-9)11(16)18-2/h3-6,8H,7H2,1-2H3. The quantitative estimate of drug-likeness (QED) is 0.737. The Bertz CT molecular complexity index is 610. The highest BCUT2D eigenvalue weighted by molar-refractivity contribution is 5.89. The molecule has 0 N–H and O–H groups in total. The van der Waals surface area contributed by atoms with E-state index in [0.717, 1.165) is 5.56 Å². The van der Waals surface area contributed by atoms with Gasteiger partial charge in [0.2, 0.25) is 0 Å². The summed E-state index contributed by atoms with van der Waals surface area (Å²) in [7, 11) is 2.98. The zero-order chi connectivity index (χ0) is 13.1. The Kier molecular flexibility index (Phi) is 3.27. The summed E-state index contributed by atoms with van der Waals surface area (Å²) < 4.78 is 7.37. The topological polar surface area (TPSA) is 66.1 Å². The number of rotatable bonds is 3. The van der Waals surface area contributed by atoms with Crippen LogP contribution in [0.3, 0.4) is 0 Å². The molecule has 0 aliphatic carbocycles. The van der Waals surface area contributed by atoms with Gasteiger partial charge in [0, 0.05) is 7.05 Å². The van der Waals surface area contributed by atoms with Crippen molar-refractivity contribution in [2.45, 2.75) is 6.54 Å². The fourth-order valence-electron chi connectivity index (χ4n) is 1.57. The van der Waals surface area contributed by atoms with Crippen molar-refractivity contribution < 1.29 is 9.53 Å². The second kappa shape index (κ2) is 4.87. The highest BCUT2D eigenvalue weighted by atomic mass is 16.5. The van der Waals surface area contributed by atoms with E-state index in [2.05, 4.69) is 9.84 Å². The van der Waals surface area contributed by atoms with Gasteiger partial charge in [-0.3, -0.25) is 4.57 Å². The van der Waals surface area contributed by atoms with Crippen molar-refractivity contribution in [3.63, 3.8) is 0 Å². The highest BCUT2D eigenvalue weighted by Crippen LogP contribution is 2.06. The molecule has 2 aromatic rings. The van der Waals surface area contributed by atoms with Crippen molar-refractivity contribution in [2.75, 3.05) is 7.11 Å². The number of carbonyl (C=O) groups excluding carboxylic acids is 1. The van der Waals surface area contributed by atoms with E-state index in [1.54, 1.807) is 31.3 Å². The van der Waals surface area contributed by atoms with Crippen LogP contribution in [0.5, 0.6) is 0 Å². The van der Waals surface area contributed by atoms with Crippen LogP contribution in [0.1, 0.15) is 15.9 Å². The van der Waals surface area contributed by atoms with Gasteiger partial charge in [0.1, 0.15) is 6.33 Å². The van der Waals surface area contributed by atoms with Crippen LogP contribution < -0.4 is 5.69 Å². The molecule has 94 valence electrons. The molecule has 6 heteroatoms. The van der Waals surface area contributed by atoms with Crippen molar-refractivity contribution in [3.05, 3.63) is 52.2 Å². The fraction of sp³-hybridized carbons (Fsp3) is 0.250. The minimum absolute atomic E-state index is 0.174. The second-order valence-electron chi connectivity index (χ2n) is 3.87. The molecule has 0 amide bonds. The Morgan fingerprint density at radius 1 is 1.33 bits per heavy atom.